The molecule has 1 saturated carbocycles. The molecule has 4 rings (SSSR count). The molecule has 1 spiro atoms. The zero-order chi connectivity index (χ0) is 20.8. The van der Waals surface area contributed by atoms with E-state index in [-0.39, 0.29) is 11.4 Å². The zero-order valence-electron chi connectivity index (χ0n) is 17.4. The lowest BCUT2D eigenvalue weighted by molar-refractivity contribution is 0.0757. The van der Waals surface area contributed by atoms with E-state index in [1.54, 1.807) is 11.9 Å². The van der Waals surface area contributed by atoms with Crippen molar-refractivity contribution in [3.8, 4) is 0 Å². The molecule has 0 radical (unpaired) electrons. The molecular weight excluding hydrogens is 388 g/mol. The summed E-state index contributed by atoms with van der Waals surface area (Å²) in [5.41, 5.74) is 2.36. The molecule has 1 aliphatic carbocycles. The van der Waals surface area contributed by atoms with Crippen LogP contribution < -0.4 is 10.6 Å². The van der Waals surface area contributed by atoms with Gasteiger partial charge in [-0.25, -0.2) is 0 Å². The highest BCUT2D eigenvalue weighted by atomic mass is 35.5. The van der Waals surface area contributed by atoms with Crippen molar-refractivity contribution in [1.82, 2.24) is 15.1 Å². The number of furan rings is 1. The molecule has 0 atom stereocenters. The maximum atomic E-state index is 12.9. The average molecular weight is 417 g/mol. The summed E-state index contributed by atoms with van der Waals surface area (Å²) >= 11 is 6.65. The molecule has 2 aliphatic rings. The van der Waals surface area contributed by atoms with Gasteiger partial charge < -0.3 is 24.9 Å². The van der Waals surface area contributed by atoms with Crippen molar-refractivity contribution in [3.05, 3.63) is 40.9 Å². The van der Waals surface area contributed by atoms with Crippen LogP contribution in [0, 0.1) is 0 Å². The molecule has 1 aromatic carbocycles. The molecule has 2 aromatic rings. The van der Waals surface area contributed by atoms with Gasteiger partial charge in [-0.3, -0.25) is 4.79 Å². The van der Waals surface area contributed by atoms with Crippen LogP contribution in [0.15, 0.2) is 28.9 Å². The summed E-state index contributed by atoms with van der Waals surface area (Å²) in [5, 5.41) is 8.35. The van der Waals surface area contributed by atoms with Crippen molar-refractivity contribution >= 4 is 34.2 Å². The van der Waals surface area contributed by atoms with E-state index in [1.165, 1.54) is 6.42 Å². The molecule has 1 fully saturated rings. The third-order valence-corrected chi connectivity index (χ3v) is 6.35. The van der Waals surface area contributed by atoms with Gasteiger partial charge in [-0.05, 0) is 39.1 Å². The third kappa shape index (κ3) is 3.60. The number of rotatable bonds is 4. The van der Waals surface area contributed by atoms with Crippen LogP contribution in [0.25, 0.3) is 11.0 Å². The van der Waals surface area contributed by atoms with Gasteiger partial charge in [0.05, 0.1) is 22.1 Å². The Labute approximate surface area is 176 Å². The Morgan fingerprint density at radius 2 is 1.93 bits per heavy atom. The Morgan fingerprint density at radius 1 is 1.21 bits per heavy atom. The maximum Gasteiger partial charge on any atom is 0.289 e. The highest BCUT2D eigenvalue weighted by molar-refractivity contribution is 6.34. The summed E-state index contributed by atoms with van der Waals surface area (Å²) in [5.74, 6) is 0.986. The molecule has 0 bridgehead atoms. The van der Waals surface area contributed by atoms with Crippen molar-refractivity contribution in [2.24, 2.45) is 0 Å². The van der Waals surface area contributed by atoms with Crippen molar-refractivity contribution in [2.45, 2.75) is 37.6 Å². The fourth-order valence-electron chi connectivity index (χ4n) is 4.54. The molecule has 1 aromatic heterocycles. The van der Waals surface area contributed by atoms with Gasteiger partial charge in [-0.1, -0.05) is 37.4 Å². The fourth-order valence-corrected chi connectivity index (χ4v) is 4.80. The van der Waals surface area contributed by atoms with Gasteiger partial charge in [0.25, 0.3) is 5.91 Å². The Kier molecular flexibility index (Phi) is 5.25. The largest absolute Gasteiger partial charge is 0.450 e. The van der Waals surface area contributed by atoms with Gasteiger partial charge >= 0.3 is 0 Å². The zero-order valence-corrected chi connectivity index (χ0v) is 18.2. The number of hydrogen-bond acceptors (Lipinski definition) is 5. The molecular formula is C22H29ClN4O2. The summed E-state index contributed by atoms with van der Waals surface area (Å²) in [6.07, 6.45) is 5.47. The lowest BCUT2D eigenvalue weighted by atomic mass is 9.74. The van der Waals surface area contributed by atoms with Crippen LogP contribution in [0.3, 0.4) is 0 Å². The number of hydrogen-bond donors (Lipinski definition) is 2. The number of fused-ring (bicyclic) bond motifs is 4. The first-order chi connectivity index (χ1) is 13.8. The van der Waals surface area contributed by atoms with Crippen molar-refractivity contribution in [2.75, 3.05) is 39.5 Å². The van der Waals surface area contributed by atoms with E-state index in [2.05, 4.69) is 22.1 Å². The highest BCUT2D eigenvalue weighted by Crippen LogP contribution is 2.49. The first-order valence-electron chi connectivity index (χ1n) is 10.2. The topological polar surface area (TPSA) is 60.8 Å². The highest BCUT2D eigenvalue weighted by Gasteiger charge is 2.42. The molecule has 0 saturated heterocycles. The Bertz CT molecular complexity index is 959. The van der Waals surface area contributed by atoms with Gasteiger partial charge in [-0.2, -0.15) is 0 Å². The molecule has 1 amide bonds. The summed E-state index contributed by atoms with van der Waals surface area (Å²) in [7, 11) is 5.79. The SMILES string of the molecule is C=C1Nc2c(Cl)cc3cc(C(=O)N(C)CCN(C)C)oc3c2C2(CCCCC2)N1. The van der Waals surface area contributed by atoms with E-state index in [0.717, 1.165) is 60.3 Å². The van der Waals surface area contributed by atoms with E-state index in [4.69, 9.17) is 16.0 Å². The number of halogens is 1. The number of likely N-dealkylation sites (N-methyl/N-ethyl adjacent to an activating group) is 2. The second kappa shape index (κ2) is 7.58. The Hall–Kier alpha value is -2.18. The Balaban J connectivity index is 1.79. The monoisotopic (exact) mass is 416 g/mol. The number of nitrogens with zero attached hydrogens (tertiary/aromatic N) is 2. The Morgan fingerprint density at radius 3 is 2.62 bits per heavy atom. The van der Waals surface area contributed by atoms with Crippen molar-refractivity contribution in [1.29, 1.82) is 0 Å². The van der Waals surface area contributed by atoms with Crippen LogP contribution in [0.4, 0.5) is 5.69 Å². The third-order valence-electron chi connectivity index (χ3n) is 6.05. The average Bonchev–Trinajstić information content (AvgIpc) is 3.09. The first kappa shape index (κ1) is 20.1. The number of carbonyl (C=O) groups excluding carboxylic acids is 1. The minimum Gasteiger partial charge on any atom is -0.450 e. The number of benzene rings is 1. The normalized spacial score (nSPS) is 17.9. The minimum atomic E-state index is -0.256. The molecule has 29 heavy (non-hydrogen) atoms. The second-order valence-electron chi connectivity index (χ2n) is 8.54. The molecule has 1 aliphatic heterocycles. The molecule has 0 unspecified atom stereocenters. The molecule has 156 valence electrons. The number of amides is 1. The van der Waals surface area contributed by atoms with E-state index in [9.17, 15) is 4.79 Å². The van der Waals surface area contributed by atoms with Crippen LogP contribution in [0.5, 0.6) is 0 Å². The van der Waals surface area contributed by atoms with Crippen LogP contribution in [-0.2, 0) is 5.54 Å². The van der Waals surface area contributed by atoms with Gasteiger partial charge in [-0.15, -0.1) is 0 Å². The number of carbonyl (C=O) groups is 1. The smallest absolute Gasteiger partial charge is 0.289 e. The van der Waals surface area contributed by atoms with Gasteiger partial charge in [0.15, 0.2) is 5.76 Å². The quantitative estimate of drug-likeness (QED) is 0.775. The van der Waals surface area contributed by atoms with E-state index in [0.29, 0.717) is 17.3 Å². The van der Waals surface area contributed by atoms with Crippen LogP contribution >= 0.6 is 11.6 Å². The molecule has 7 heteroatoms. The van der Waals surface area contributed by atoms with Crippen LogP contribution in [0.1, 0.15) is 48.2 Å². The lowest BCUT2D eigenvalue weighted by Crippen LogP contribution is -2.48. The molecule has 2 heterocycles. The lowest BCUT2D eigenvalue weighted by Gasteiger charge is -2.44. The summed E-state index contributed by atoms with van der Waals surface area (Å²) in [6.45, 7) is 5.53. The van der Waals surface area contributed by atoms with Gasteiger partial charge in [0, 0.05) is 31.1 Å². The fraction of sp³-hybridized carbons (Fsp3) is 0.500. The van der Waals surface area contributed by atoms with Crippen LogP contribution in [0.2, 0.25) is 5.02 Å². The summed E-state index contributed by atoms with van der Waals surface area (Å²) in [6, 6.07) is 3.69. The first-order valence-corrected chi connectivity index (χ1v) is 10.6. The number of anilines is 1. The van der Waals surface area contributed by atoms with E-state index >= 15 is 0 Å². The number of nitrogens with one attached hydrogen (secondary N) is 2. The molecule has 2 N–H and O–H groups in total. The standard InChI is InChI=1S/C22H29ClN4O2/c1-14-24-19-16(23)12-15-13-17(21(28)27(4)11-10-26(2)3)29-20(15)18(19)22(25-14)8-6-5-7-9-22/h12-13,24-25H,1,5-11H2,2-4H3. The second-order valence-corrected chi connectivity index (χ2v) is 8.95. The predicted molar refractivity (Wildman–Crippen MR) is 117 cm³/mol. The summed E-state index contributed by atoms with van der Waals surface area (Å²) < 4.78 is 6.20. The van der Waals surface area contributed by atoms with Crippen LogP contribution in [-0.4, -0.2) is 49.9 Å². The van der Waals surface area contributed by atoms with Crippen molar-refractivity contribution < 1.29 is 9.21 Å². The minimum absolute atomic E-state index is 0.119. The predicted octanol–water partition coefficient (Wildman–Crippen LogP) is 4.37. The van der Waals surface area contributed by atoms with Crippen molar-refractivity contribution in [3.63, 3.8) is 0 Å². The van der Waals surface area contributed by atoms with Gasteiger partial charge in [0.2, 0.25) is 0 Å². The van der Waals surface area contributed by atoms with E-state index in [1.807, 2.05) is 26.2 Å². The van der Waals surface area contributed by atoms with E-state index < -0.39 is 0 Å². The molecule has 6 nitrogen and oxygen atoms in total. The summed E-state index contributed by atoms with van der Waals surface area (Å²) in [4.78, 5) is 16.7. The maximum absolute atomic E-state index is 12.9. The van der Waals surface area contributed by atoms with Gasteiger partial charge in [0.1, 0.15) is 5.58 Å².